The van der Waals surface area contributed by atoms with E-state index in [-0.39, 0.29) is 10.7 Å². The number of anilines is 1. The van der Waals surface area contributed by atoms with Crippen LogP contribution in [0.1, 0.15) is 15.9 Å². The van der Waals surface area contributed by atoms with Crippen LogP contribution in [-0.2, 0) is 0 Å². The van der Waals surface area contributed by atoms with Gasteiger partial charge in [-0.1, -0.05) is 34.5 Å². The highest BCUT2D eigenvalue weighted by Crippen LogP contribution is 2.30. The van der Waals surface area contributed by atoms with Crippen LogP contribution in [0.25, 0.3) is 10.2 Å². The number of halogens is 2. The van der Waals surface area contributed by atoms with Crippen molar-refractivity contribution in [3.63, 3.8) is 0 Å². The van der Waals surface area contributed by atoms with Crippen molar-refractivity contribution in [2.24, 2.45) is 0 Å². The topological polar surface area (TPSA) is 63.2 Å². The number of ether oxygens (including phenoxy) is 1. The summed E-state index contributed by atoms with van der Waals surface area (Å²) < 4.78 is 6.15. The minimum Gasteiger partial charge on any atom is -0.496 e. The quantitative estimate of drug-likeness (QED) is 0.574. The van der Waals surface area contributed by atoms with Crippen molar-refractivity contribution >= 4 is 73.1 Å². The number of carbonyl (C=O) groups is 1. The zero-order chi connectivity index (χ0) is 18.8. The van der Waals surface area contributed by atoms with E-state index in [1.165, 1.54) is 24.5 Å². The Balaban J connectivity index is 1.75. The highest BCUT2D eigenvalue weighted by atomic mass is 35.5. The van der Waals surface area contributed by atoms with Crippen LogP contribution in [0.4, 0.5) is 5.13 Å². The second kappa shape index (κ2) is 7.75. The van der Waals surface area contributed by atoms with E-state index in [0.717, 1.165) is 15.8 Å². The Morgan fingerprint density at radius 1 is 1.27 bits per heavy atom. The van der Waals surface area contributed by atoms with E-state index < -0.39 is 5.91 Å². The van der Waals surface area contributed by atoms with E-state index in [0.29, 0.717) is 20.9 Å². The summed E-state index contributed by atoms with van der Waals surface area (Å²) in [5, 5.41) is 7.27. The molecule has 0 aliphatic rings. The fraction of sp³-hybridized carbons (Fsp3) is 0.118. The predicted molar refractivity (Wildman–Crippen MR) is 111 cm³/mol. The van der Waals surface area contributed by atoms with Gasteiger partial charge in [0.25, 0.3) is 5.91 Å². The van der Waals surface area contributed by atoms with Crippen LogP contribution < -0.4 is 15.4 Å². The molecule has 0 aliphatic heterocycles. The lowest BCUT2D eigenvalue weighted by Gasteiger charge is -2.10. The average Bonchev–Trinajstić information content (AvgIpc) is 2.95. The fourth-order valence-corrected chi connectivity index (χ4v) is 3.79. The number of hydrogen-bond acceptors (Lipinski definition) is 5. The van der Waals surface area contributed by atoms with Crippen molar-refractivity contribution in [1.82, 2.24) is 10.3 Å². The molecule has 134 valence electrons. The first-order valence-corrected chi connectivity index (χ1v) is 9.38. The molecule has 9 heteroatoms. The van der Waals surface area contributed by atoms with Crippen LogP contribution in [0.15, 0.2) is 30.3 Å². The van der Waals surface area contributed by atoms with E-state index >= 15 is 0 Å². The number of thiazole rings is 1. The summed E-state index contributed by atoms with van der Waals surface area (Å²) in [5.74, 6) is -0.0262. The Kier molecular flexibility index (Phi) is 5.62. The van der Waals surface area contributed by atoms with Crippen molar-refractivity contribution in [2.45, 2.75) is 6.92 Å². The smallest absolute Gasteiger partial charge is 0.261 e. The van der Waals surface area contributed by atoms with Gasteiger partial charge in [0, 0.05) is 10.0 Å². The van der Waals surface area contributed by atoms with Crippen molar-refractivity contribution < 1.29 is 9.53 Å². The highest BCUT2D eigenvalue weighted by Gasteiger charge is 2.15. The van der Waals surface area contributed by atoms with Gasteiger partial charge < -0.3 is 10.1 Å². The van der Waals surface area contributed by atoms with Crippen molar-refractivity contribution in [3.8, 4) is 5.75 Å². The minimum atomic E-state index is -0.429. The number of thiocarbonyl (C=S) groups is 1. The lowest BCUT2D eigenvalue weighted by molar-refractivity contribution is 0.0975. The van der Waals surface area contributed by atoms with Gasteiger partial charge in [0.2, 0.25) is 0 Å². The SMILES string of the molecule is COc1ccc(Cl)cc1C(=O)NC(=S)Nc1nc2cc(Cl)c(C)cc2s1. The number of rotatable bonds is 3. The Labute approximate surface area is 169 Å². The standard InChI is InChI=1S/C17H13Cl2N3O2S2/c1-8-5-14-12(7-11(8)19)20-17(26-14)22-16(25)21-15(23)10-6-9(18)3-4-13(10)24-2/h3-7H,1-2H3,(H2,20,21,22,23,25). The zero-order valence-corrected chi connectivity index (χ0v) is 16.9. The number of methoxy groups -OCH3 is 1. The number of nitrogens with one attached hydrogen (secondary N) is 2. The zero-order valence-electron chi connectivity index (χ0n) is 13.7. The molecular weight excluding hydrogens is 413 g/mol. The molecule has 0 spiro atoms. The van der Waals surface area contributed by atoms with Crippen LogP contribution in [0, 0.1) is 6.92 Å². The Morgan fingerprint density at radius 3 is 2.77 bits per heavy atom. The summed E-state index contributed by atoms with van der Waals surface area (Å²) >= 11 is 18.7. The van der Waals surface area contributed by atoms with Gasteiger partial charge in [-0.2, -0.15) is 0 Å². The second-order valence-electron chi connectivity index (χ2n) is 5.34. The van der Waals surface area contributed by atoms with Gasteiger partial charge in [0.05, 0.1) is 22.9 Å². The first-order valence-electron chi connectivity index (χ1n) is 7.40. The van der Waals surface area contributed by atoms with E-state index in [2.05, 4.69) is 15.6 Å². The summed E-state index contributed by atoms with van der Waals surface area (Å²) in [6.07, 6.45) is 0. The molecule has 2 aromatic carbocycles. The molecule has 0 radical (unpaired) electrons. The predicted octanol–water partition coefficient (Wildman–Crippen LogP) is 5.05. The van der Waals surface area contributed by atoms with Crippen LogP contribution in [0.2, 0.25) is 10.0 Å². The maximum Gasteiger partial charge on any atom is 0.261 e. The number of fused-ring (bicyclic) bond motifs is 1. The van der Waals surface area contributed by atoms with Crippen LogP contribution in [0.3, 0.4) is 0 Å². The summed E-state index contributed by atoms with van der Waals surface area (Å²) in [4.78, 5) is 16.8. The number of nitrogens with zero attached hydrogens (tertiary/aromatic N) is 1. The van der Waals surface area contributed by atoms with E-state index in [1.54, 1.807) is 18.2 Å². The van der Waals surface area contributed by atoms with Crippen LogP contribution >= 0.6 is 46.8 Å². The molecule has 1 aromatic heterocycles. The van der Waals surface area contributed by atoms with Gasteiger partial charge in [0.1, 0.15) is 5.75 Å². The molecule has 0 saturated heterocycles. The molecular formula is C17H13Cl2N3O2S2. The lowest BCUT2D eigenvalue weighted by atomic mass is 10.2. The second-order valence-corrected chi connectivity index (χ2v) is 7.62. The molecule has 0 atom stereocenters. The van der Waals surface area contributed by atoms with Gasteiger partial charge in [-0.3, -0.25) is 10.1 Å². The van der Waals surface area contributed by atoms with Gasteiger partial charge in [-0.05, 0) is 55.0 Å². The average molecular weight is 426 g/mol. The normalized spacial score (nSPS) is 10.6. The molecule has 3 aromatic rings. The molecule has 3 rings (SSSR count). The third kappa shape index (κ3) is 4.07. The molecule has 5 nitrogen and oxygen atoms in total. The van der Waals surface area contributed by atoms with Crippen molar-refractivity contribution in [2.75, 3.05) is 12.4 Å². The molecule has 0 saturated carbocycles. The van der Waals surface area contributed by atoms with E-state index in [9.17, 15) is 4.79 Å². The summed E-state index contributed by atoms with van der Waals surface area (Å²) in [5.41, 5.74) is 2.02. The first kappa shape index (κ1) is 18.8. The number of aromatic nitrogens is 1. The van der Waals surface area contributed by atoms with Crippen LogP contribution in [0.5, 0.6) is 5.75 Å². The fourth-order valence-electron chi connectivity index (χ4n) is 2.26. The largest absolute Gasteiger partial charge is 0.496 e. The Bertz CT molecular complexity index is 982. The molecule has 1 amide bonds. The van der Waals surface area contributed by atoms with Crippen molar-refractivity contribution in [1.29, 1.82) is 0 Å². The lowest BCUT2D eigenvalue weighted by Crippen LogP contribution is -2.34. The van der Waals surface area contributed by atoms with Gasteiger partial charge >= 0.3 is 0 Å². The van der Waals surface area contributed by atoms with Gasteiger partial charge in [-0.15, -0.1) is 0 Å². The highest BCUT2D eigenvalue weighted by molar-refractivity contribution is 7.80. The molecule has 0 aliphatic carbocycles. The number of amides is 1. The number of carbonyl (C=O) groups excluding carboxylic acids is 1. The number of hydrogen-bond donors (Lipinski definition) is 2. The summed E-state index contributed by atoms with van der Waals surface area (Å²) in [6, 6.07) is 8.53. The monoisotopic (exact) mass is 425 g/mol. The Hall–Kier alpha value is -1.93. The Morgan fingerprint density at radius 2 is 2.04 bits per heavy atom. The van der Waals surface area contributed by atoms with E-state index in [1.807, 2.05) is 13.0 Å². The first-order chi connectivity index (χ1) is 12.4. The van der Waals surface area contributed by atoms with Gasteiger partial charge in [-0.25, -0.2) is 4.98 Å². The third-order valence-electron chi connectivity index (χ3n) is 3.52. The number of aryl methyl sites for hydroxylation is 1. The van der Waals surface area contributed by atoms with Gasteiger partial charge in [0.15, 0.2) is 10.2 Å². The van der Waals surface area contributed by atoms with Crippen LogP contribution in [-0.4, -0.2) is 23.1 Å². The number of benzene rings is 2. The maximum atomic E-state index is 12.4. The summed E-state index contributed by atoms with van der Waals surface area (Å²) in [7, 11) is 1.48. The van der Waals surface area contributed by atoms with Crippen molar-refractivity contribution in [3.05, 3.63) is 51.5 Å². The minimum absolute atomic E-state index is 0.124. The molecule has 26 heavy (non-hydrogen) atoms. The molecule has 2 N–H and O–H groups in total. The molecule has 0 unspecified atom stereocenters. The summed E-state index contributed by atoms with van der Waals surface area (Å²) in [6.45, 7) is 1.93. The molecule has 0 fully saturated rings. The van der Waals surface area contributed by atoms with E-state index in [4.69, 9.17) is 40.2 Å². The molecule has 0 bridgehead atoms. The molecule has 1 heterocycles. The third-order valence-corrected chi connectivity index (χ3v) is 5.30. The maximum absolute atomic E-state index is 12.4.